The van der Waals surface area contributed by atoms with Gasteiger partial charge in [0.25, 0.3) is 0 Å². The van der Waals surface area contributed by atoms with Gasteiger partial charge in [-0.25, -0.2) is 4.39 Å². The molecule has 1 heterocycles. The van der Waals surface area contributed by atoms with Gasteiger partial charge in [0.05, 0.1) is 18.2 Å². The lowest BCUT2D eigenvalue weighted by molar-refractivity contribution is -0.102. The van der Waals surface area contributed by atoms with Crippen molar-refractivity contribution in [3.05, 3.63) is 66.0 Å². The Kier molecular flexibility index (Phi) is 3.29. The Morgan fingerprint density at radius 3 is 2.65 bits per heavy atom. The summed E-state index contributed by atoms with van der Waals surface area (Å²) in [4.78, 5) is 11.2. The number of hydrazone groups is 1. The predicted octanol–water partition coefficient (Wildman–Crippen LogP) is 2.98. The van der Waals surface area contributed by atoms with Crippen molar-refractivity contribution < 1.29 is 9.18 Å². The van der Waals surface area contributed by atoms with E-state index in [0.717, 1.165) is 11.8 Å². The van der Waals surface area contributed by atoms with Gasteiger partial charge in [-0.2, -0.15) is 5.10 Å². The van der Waals surface area contributed by atoms with Gasteiger partial charge in [-0.15, -0.1) is 0 Å². The Bertz CT molecular complexity index is 655. The molecule has 0 amide bonds. The van der Waals surface area contributed by atoms with Gasteiger partial charge in [-0.3, -0.25) is 9.80 Å². The highest BCUT2D eigenvalue weighted by atomic mass is 19.1. The normalized spacial score (nSPS) is 17.9. The van der Waals surface area contributed by atoms with E-state index in [4.69, 9.17) is 0 Å². The first-order chi connectivity index (χ1) is 9.78. The molecule has 0 radical (unpaired) electrons. The molecule has 0 saturated heterocycles. The molecule has 1 unspecified atom stereocenters. The van der Waals surface area contributed by atoms with E-state index in [-0.39, 0.29) is 11.7 Å². The Hall–Kier alpha value is -2.49. The molecule has 20 heavy (non-hydrogen) atoms. The van der Waals surface area contributed by atoms with Crippen LogP contribution in [0.4, 0.5) is 10.1 Å². The maximum absolute atomic E-state index is 13.3. The fourth-order valence-corrected chi connectivity index (χ4v) is 2.38. The van der Waals surface area contributed by atoms with Crippen molar-refractivity contribution in [3.63, 3.8) is 0 Å². The van der Waals surface area contributed by atoms with Gasteiger partial charge in [0.15, 0.2) is 6.29 Å². The molecule has 0 aromatic heterocycles. The molecule has 0 aliphatic carbocycles. The second-order valence-corrected chi connectivity index (χ2v) is 4.67. The van der Waals surface area contributed by atoms with Gasteiger partial charge < -0.3 is 0 Å². The van der Waals surface area contributed by atoms with Crippen molar-refractivity contribution in [1.29, 1.82) is 0 Å². The summed E-state index contributed by atoms with van der Waals surface area (Å²) in [5.74, 6) is -0.384. The minimum atomic E-state index is -0.312. The average Bonchev–Trinajstić information content (AvgIpc) is 2.92. The summed E-state index contributed by atoms with van der Waals surface area (Å²) in [7, 11) is 0. The molecule has 100 valence electrons. The standard InChI is InChI=1S/C16H13FN2O/c17-13-7-4-8-14(9-13)19-10-15(16(11-20)18-19)12-5-2-1-3-6-12/h1-9,11,15H,10H2. The number of carbonyl (C=O) groups excluding carboxylic acids is 1. The van der Waals surface area contributed by atoms with E-state index in [9.17, 15) is 9.18 Å². The van der Waals surface area contributed by atoms with Crippen LogP contribution in [0.15, 0.2) is 59.7 Å². The first-order valence-corrected chi connectivity index (χ1v) is 6.39. The SMILES string of the molecule is O=CC1=NN(c2cccc(F)c2)CC1c1ccccc1. The molecular weight excluding hydrogens is 255 g/mol. The average molecular weight is 268 g/mol. The number of carbonyl (C=O) groups is 1. The molecule has 2 aromatic carbocycles. The summed E-state index contributed by atoms with van der Waals surface area (Å²) >= 11 is 0. The van der Waals surface area contributed by atoms with Crippen LogP contribution in [0.2, 0.25) is 0 Å². The molecule has 2 aromatic rings. The predicted molar refractivity (Wildman–Crippen MR) is 76.4 cm³/mol. The first-order valence-electron chi connectivity index (χ1n) is 6.39. The number of rotatable bonds is 3. The van der Waals surface area contributed by atoms with Gasteiger partial charge in [0.1, 0.15) is 11.5 Å². The first kappa shape index (κ1) is 12.5. The van der Waals surface area contributed by atoms with Crippen molar-refractivity contribution in [2.24, 2.45) is 5.10 Å². The number of hydrogen-bond donors (Lipinski definition) is 0. The molecular formula is C16H13FN2O. The van der Waals surface area contributed by atoms with E-state index < -0.39 is 0 Å². The van der Waals surface area contributed by atoms with Gasteiger partial charge in [-0.05, 0) is 23.8 Å². The molecule has 0 bridgehead atoms. The fraction of sp³-hybridized carbons (Fsp3) is 0.125. The van der Waals surface area contributed by atoms with Gasteiger partial charge in [0, 0.05) is 0 Å². The van der Waals surface area contributed by atoms with Crippen molar-refractivity contribution in [2.45, 2.75) is 5.92 Å². The lowest BCUT2D eigenvalue weighted by Crippen LogP contribution is -2.18. The van der Waals surface area contributed by atoms with Crippen LogP contribution in [0.3, 0.4) is 0 Å². The number of halogens is 1. The quantitative estimate of drug-likeness (QED) is 0.802. The van der Waals surface area contributed by atoms with E-state index in [0.29, 0.717) is 17.9 Å². The van der Waals surface area contributed by atoms with Crippen LogP contribution in [0.5, 0.6) is 0 Å². The Morgan fingerprint density at radius 1 is 1.15 bits per heavy atom. The highest BCUT2D eigenvalue weighted by Gasteiger charge is 2.28. The molecule has 0 N–H and O–H groups in total. The largest absolute Gasteiger partial charge is 0.296 e. The number of aldehydes is 1. The molecule has 0 fully saturated rings. The number of nitrogens with zero attached hydrogens (tertiary/aromatic N) is 2. The number of hydrogen-bond acceptors (Lipinski definition) is 3. The number of benzene rings is 2. The molecule has 0 saturated carbocycles. The third-order valence-electron chi connectivity index (χ3n) is 3.38. The van der Waals surface area contributed by atoms with Crippen molar-refractivity contribution in [1.82, 2.24) is 0 Å². The smallest absolute Gasteiger partial charge is 0.166 e. The Balaban J connectivity index is 1.91. The van der Waals surface area contributed by atoms with Gasteiger partial charge in [0.2, 0.25) is 0 Å². The topological polar surface area (TPSA) is 32.7 Å². The van der Waals surface area contributed by atoms with E-state index in [1.807, 2.05) is 30.3 Å². The monoisotopic (exact) mass is 268 g/mol. The Morgan fingerprint density at radius 2 is 1.95 bits per heavy atom. The summed E-state index contributed by atoms with van der Waals surface area (Å²) in [6.07, 6.45) is 0.775. The molecule has 0 spiro atoms. The minimum absolute atomic E-state index is 0.0723. The van der Waals surface area contributed by atoms with Crippen LogP contribution in [0.25, 0.3) is 0 Å². The zero-order valence-electron chi connectivity index (χ0n) is 10.7. The van der Waals surface area contributed by atoms with Crippen molar-refractivity contribution in [3.8, 4) is 0 Å². The van der Waals surface area contributed by atoms with E-state index in [1.54, 1.807) is 17.1 Å². The Labute approximate surface area is 116 Å². The zero-order valence-corrected chi connectivity index (χ0v) is 10.7. The molecule has 4 heteroatoms. The van der Waals surface area contributed by atoms with E-state index in [1.165, 1.54) is 12.1 Å². The maximum Gasteiger partial charge on any atom is 0.166 e. The summed E-state index contributed by atoms with van der Waals surface area (Å²) in [6.45, 7) is 0.543. The lowest BCUT2D eigenvalue weighted by atomic mass is 9.95. The number of anilines is 1. The zero-order chi connectivity index (χ0) is 13.9. The van der Waals surface area contributed by atoms with Crippen LogP contribution in [0.1, 0.15) is 11.5 Å². The van der Waals surface area contributed by atoms with E-state index in [2.05, 4.69) is 5.10 Å². The fourth-order valence-electron chi connectivity index (χ4n) is 2.38. The highest BCUT2D eigenvalue weighted by molar-refractivity contribution is 6.32. The summed E-state index contributed by atoms with van der Waals surface area (Å²) in [5.41, 5.74) is 2.17. The van der Waals surface area contributed by atoms with Crippen LogP contribution < -0.4 is 5.01 Å². The van der Waals surface area contributed by atoms with Crippen molar-refractivity contribution in [2.75, 3.05) is 11.6 Å². The summed E-state index contributed by atoms with van der Waals surface area (Å²) in [5, 5.41) is 5.96. The van der Waals surface area contributed by atoms with Crippen molar-refractivity contribution >= 4 is 17.7 Å². The maximum atomic E-state index is 13.3. The molecule has 3 nitrogen and oxygen atoms in total. The molecule has 1 aliphatic heterocycles. The van der Waals surface area contributed by atoms with Gasteiger partial charge >= 0.3 is 0 Å². The van der Waals surface area contributed by atoms with Crippen LogP contribution in [-0.2, 0) is 4.79 Å². The third kappa shape index (κ3) is 2.32. The lowest BCUT2D eigenvalue weighted by Gasteiger charge is -2.16. The summed E-state index contributed by atoms with van der Waals surface area (Å²) < 4.78 is 13.3. The molecule has 3 rings (SSSR count). The molecule has 1 aliphatic rings. The van der Waals surface area contributed by atoms with E-state index >= 15 is 0 Å². The second kappa shape index (κ2) is 5.25. The summed E-state index contributed by atoms with van der Waals surface area (Å²) in [6, 6.07) is 16.0. The highest BCUT2D eigenvalue weighted by Crippen LogP contribution is 2.28. The second-order valence-electron chi connectivity index (χ2n) is 4.67. The van der Waals surface area contributed by atoms with Crippen LogP contribution in [0, 0.1) is 5.82 Å². The van der Waals surface area contributed by atoms with Gasteiger partial charge in [-0.1, -0.05) is 36.4 Å². The third-order valence-corrected chi connectivity index (χ3v) is 3.38. The minimum Gasteiger partial charge on any atom is -0.296 e. The van der Waals surface area contributed by atoms with Crippen LogP contribution in [-0.4, -0.2) is 18.5 Å². The van der Waals surface area contributed by atoms with Crippen LogP contribution >= 0.6 is 0 Å². The molecule has 1 atom stereocenters.